The maximum absolute atomic E-state index is 13.6. The number of para-hydroxylation sites is 1. The third-order valence-corrected chi connectivity index (χ3v) is 6.72. The lowest BCUT2D eigenvalue weighted by Gasteiger charge is -2.35. The van der Waals surface area contributed by atoms with Gasteiger partial charge < -0.3 is 5.73 Å². The molecule has 3 fully saturated rings. The van der Waals surface area contributed by atoms with Crippen LogP contribution in [-0.4, -0.2) is 44.7 Å². The Kier molecular flexibility index (Phi) is 4.05. The number of aromatic nitrogens is 2. The van der Waals surface area contributed by atoms with Crippen molar-refractivity contribution in [2.24, 2.45) is 17.6 Å². The van der Waals surface area contributed by atoms with Crippen LogP contribution in [0.15, 0.2) is 36.4 Å². The van der Waals surface area contributed by atoms with Gasteiger partial charge in [-0.25, -0.2) is 14.9 Å². The highest BCUT2D eigenvalue weighted by Gasteiger charge is 2.73. The minimum absolute atomic E-state index is 0.320. The van der Waals surface area contributed by atoms with Crippen LogP contribution in [-0.2, 0) is 14.4 Å². The standard InChI is InChI=1S/C22H23N5O3/c1-12-11-13(2)25-18(24-12)17-15-16(22(21(23)30)9-6-10-26(17)22)20(29)27(19(15)28)14-7-4-3-5-8-14/h3-5,7-8,11,15-17H,6,9-10H2,1-2H3,(H2,23,30)/t15-,16-,17+,22+/m1/s1. The summed E-state index contributed by atoms with van der Waals surface area (Å²) in [5.41, 5.74) is 6.79. The minimum atomic E-state index is -1.19. The summed E-state index contributed by atoms with van der Waals surface area (Å²) < 4.78 is 0. The summed E-state index contributed by atoms with van der Waals surface area (Å²) in [6.45, 7) is 4.31. The van der Waals surface area contributed by atoms with Gasteiger partial charge in [0.15, 0.2) is 0 Å². The van der Waals surface area contributed by atoms with Crippen LogP contribution in [0.25, 0.3) is 0 Å². The van der Waals surface area contributed by atoms with Crippen LogP contribution in [0.4, 0.5) is 5.69 Å². The fourth-order valence-electron chi connectivity index (χ4n) is 5.72. The van der Waals surface area contributed by atoms with Gasteiger partial charge in [0.05, 0.1) is 23.6 Å². The molecule has 3 aliphatic heterocycles. The fourth-order valence-corrected chi connectivity index (χ4v) is 5.72. The zero-order valence-corrected chi connectivity index (χ0v) is 16.9. The van der Waals surface area contributed by atoms with Crippen molar-refractivity contribution in [1.82, 2.24) is 14.9 Å². The van der Waals surface area contributed by atoms with E-state index in [9.17, 15) is 14.4 Å². The predicted molar refractivity (Wildman–Crippen MR) is 108 cm³/mol. The molecular formula is C22H23N5O3. The molecule has 1 aromatic carbocycles. The maximum atomic E-state index is 13.6. The van der Waals surface area contributed by atoms with Crippen LogP contribution in [0.3, 0.4) is 0 Å². The van der Waals surface area contributed by atoms with Crippen molar-refractivity contribution < 1.29 is 14.4 Å². The number of amides is 3. The predicted octanol–water partition coefficient (Wildman–Crippen LogP) is 1.27. The zero-order valence-electron chi connectivity index (χ0n) is 16.9. The summed E-state index contributed by atoms with van der Waals surface area (Å²) in [5, 5.41) is 0. The molecule has 5 rings (SSSR count). The van der Waals surface area contributed by atoms with Crippen molar-refractivity contribution in [3.05, 3.63) is 53.6 Å². The highest BCUT2D eigenvalue weighted by Crippen LogP contribution is 2.58. The van der Waals surface area contributed by atoms with Crippen molar-refractivity contribution in [1.29, 1.82) is 0 Å². The van der Waals surface area contributed by atoms with E-state index >= 15 is 0 Å². The first-order valence-corrected chi connectivity index (χ1v) is 10.2. The average Bonchev–Trinajstić information content (AvgIpc) is 3.31. The Labute approximate surface area is 174 Å². The van der Waals surface area contributed by atoms with E-state index in [0.717, 1.165) is 17.8 Å². The number of fused-ring (bicyclic) bond motifs is 3. The number of nitrogens with two attached hydrogens (primary N) is 1. The zero-order chi connectivity index (χ0) is 21.2. The molecule has 0 spiro atoms. The van der Waals surface area contributed by atoms with Crippen LogP contribution < -0.4 is 10.6 Å². The lowest BCUT2D eigenvalue weighted by molar-refractivity contribution is -0.135. The van der Waals surface area contributed by atoms with E-state index in [1.165, 1.54) is 4.90 Å². The third-order valence-electron chi connectivity index (χ3n) is 6.72. The summed E-state index contributed by atoms with van der Waals surface area (Å²) in [5.74, 6) is -2.35. The molecule has 0 unspecified atom stereocenters. The molecule has 30 heavy (non-hydrogen) atoms. The van der Waals surface area contributed by atoms with Crippen LogP contribution >= 0.6 is 0 Å². The van der Waals surface area contributed by atoms with E-state index in [1.54, 1.807) is 24.3 Å². The highest BCUT2D eigenvalue weighted by atomic mass is 16.2. The molecule has 0 saturated carbocycles. The Bertz CT molecular complexity index is 1050. The van der Waals surface area contributed by atoms with Gasteiger partial charge in [-0.15, -0.1) is 0 Å². The number of hydrogen-bond acceptors (Lipinski definition) is 6. The number of carbonyl (C=O) groups is 3. The summed E-state index contributed by atoms with van der Waals surface area (Å²) in [7, 11) is 0. The Morgan fingerprint density at radius 1 is 1.10 bits per heavy atom. The molecule has 8 nitrogen and oxygen atoms in total. The quantitative estimate of drug-likeness (QED) is 0.771. The van der Waals surface area contributed by atoms with Gasteiger partial charge in [-0.1, -0.05) is 18.2 Å². The number of carbonyl (C=O) groups excluding carboxylic acids is 3. The molecule has 3 aliphatic rings. The lowest BCUT2D eigenvalue weighted by Crippen LogP contribution is -2.57. The Morgan fingerprint density at radius 2 is 1.77 bits per heavy atom. The van der Waals surface area contributed by atoms with Gasteiger partial charge in [0, 0.05) is 17.9 Å². The van der Waals surface area contributed by atoms with Gasteiger partial charge in [-0.05, 0) is 44.9 Å². The third kappa shape index (κ3) is 2.34. The van der Waals surface area contributed by atoms with Crippen molar-refractivity contribution in [3.63, 3.8) is 0 Å². The monoisotopic (exact) mass is 405 g/mol. The Morgan fingerprint density at radius 3 is 2.40 bits per heavy atom. The Balaban J connectivity index is 1.70. The van der Waals surface area contributed by atoms with E-state index in [2.05, 4.69) is 9.97 Å². The Hall–Kier alpha value is -3.13. The first kappa shape index (κ1) is 18.9. The number of hydrogen-bond donors (Lipinski definition) is 1. The number of nitrogens with zero attached hydrogens (tertiary/aromatic N) is 4. The largest absolute Gasteiger partial charge is 0.368 e. The van der Waals surface area contributed by atoms with E-state index in [1.807, 2.05) is 30.9 Å². The summed E-state index contributed by atoms with van der Waals surface area (Å²) in [6.07, 6.45) is 1.17. The normalized spacial score (nSPS) is 30.6. The smallest absolute Gasteiger partial charge is 0.240 e. The second-order valence-corrected chi connectivity index (χ2v) is 8.39. The van der Waals surface area contributed by atoms with Crippen molar-refractivity contribution in [3.8, 4) is 0 Å². The summed E-state index contributed by atoms with van der Waals surface area (Å²) >= 11 is 0. The molecular weight excluding hydrogens is 382 g/mol. The number of imide groups is 1. The van der Waals surface area contributed by atoms with Crippen LogP contribution in [0.1, 0.15) is 36.1 Å². The second-order valence-electron chi connectivity index (χ2n) is 8.39. The minimum Gasteiger partial charge on any atom is -0.368 e. The molecule has 0 bridgehead atoms. The van der Waals surface area contributed by atoms with Gasteiger partial charge in [-0.3, -0.25) is 19.3 Å². The molecule has 2 aromatic rings. The molecule has 0 aliphatic carbocycles. The lowest BCUT2D eigenvalue weighted by atomic mass is 9.78. The number of primary amides is 1. The highest BCUT2D eigenvalue weighted by molar-refractivity contribution is 6.24. The number of anilines is 1. The van der Waals surface area contributed by atoms with Gasteiger partial charge >= 0.3 is 0 Å². The summed E-state index contributed by atoms with van der Waals surface area (Å²) in [4.78, 5) is 52.4. The number of benzene rings is 1. The molecule has 1 aromatic heterocycles. The van der Waals surface area contributed by atoms with Gasteiger partial charge in [0.25, 0.3) is 0 Å². The molecule has 3 amide bonds. The first-order chi connectivity index (χ1) is 14.4. The van der Waals surface area contributed by atoms with Crippen LogP contribution in [0.2, 0.25) is 0 Å². The molecule has 8 heteroatoms. The average molecular weight is 405 g/mol. The molecule has 0 radical (unpaired) electrons. The van der Waals surface area contributed by atoms with Crippen molar-refractivity contribution in [2.45, 2.75) is 38.3 Å². The maximum Gasteiger partial charge on any atom is 0.240 e. The van der Waals surface area contributed by atoms with Crippen molar-refractivity contribution >= 4 is 23.4 Å². The van der Waals surface area contributed by atoms with Gasteiger partial charge in [0.1, 0.15) is 11.4 Å². The molecule has 4 heterocycles. The first-order valence-electron chi connectivity index (χ1n) is 10.2. The van der Waals surface area contributed by atoms with Crippen LogP contribution in [0, 0.1) is 25.7 Å². The van der Waals surface area contributed by atoms with Gasteiger partial charge in [-0.2, -0.15) is 0 Å². The topological polar surface area (TPSA) is 109 Å². The van der Waals surface area contributed by atoms with Crippen LogP contribution in [0.5, 0.6) is 0 Å². The molecule has 3 saturated heterocycles. The van der Waals surface area contributed by atoms with Crippen molar-refractivity contribution in [2.75, 3.05) is 11.4 Å². The molecule has 4 atom stereocenters. The second kappa shape index (κ2) is 6.43. The molecule has 154 valence electrons. The number of aryl methyl sites for hydroxylation is 2. The van der Waals surface area contributed by atoms with E-state index in [0.29, 0.717) is 24.5 Å². The van der Waals surface area contributed by atoms with E-state index in [-0.39, 0.29) is 11.8 Å². The molecule has 2 N–H and O–H groups in total. The van der Waals surface area contributed by atoms with E-state index < -0.39 is 29.3 Å². The van der Waals surface area contributed by atoms with Gasteiger partial charge in [0.2, 0.25) is 17.7 Å². The number of rotatable bonds is 3. The SMILES string of the molecule is Cc1cc(C)nc([C@@H]2[C@@H]3C(=O)N(c4ccccc4)C(=O)[C@@H]3[C@]3(C(N)=O)CCCN23)n1. The fraction of sp³-hybridized carbons (Fsp3) is 0.409. The van der Waals surface area contributed by atoms with E-state index in [4.69, 9.17) is 5.73 Å². The summed E-state index contributed by atoms with van der Waals surface area (Å²) in [6, 6.07) is 10.1.